The van der Waals surface area contributed by atoms with Gasteiger partial charge in [-0.3, -0.25) is 4.79 Å². The molecule has 0 aliphatic rings. The van der Waals surface area contributed by atoms with Crippen molar-refractivity contribution in [3.63, 3.8) is 0 Å². The van der Waals surface area contributed by atoms with Crippen molar-refractivity contribution >= 4 is 34.8 Å². The number of hydrogen-bond acceptors (Lipinski definition) is 2. The molecule has 0 aromatic heterocycles. The summed E-state index contributed by atoms with van der Waals surface area (Å²) in [5.41, 5.74) is 6.04. The van der Waals surface area contributed by atoms with E-state index in [4.69, 9.17) is 28.9 Å². The van der Waals surface area contributed by atoms with E-state index in [2.05, 4.69) is 6.58 Å². The predicted octanol–water partition coefficient (Wildman–Crippen LogP) is 4.00. The lowest BCUT2D eigenvalue weighted by Crippen LogP contribution is -2.45. The molecule has 2 N–H and O–H groups in total. The second-order valence-corrected chi connectivity index (χ2v) is 6.04. The number of anilines is 1. The van der Waals surface area contributed by atoms with Crippen LogP contribution in [0.2, 0.25) is 10.0 Å². The van der Waals surface area contributed by atoms with Crippen LogP contribution in [0.5, 0.6) is 0 Å². The number of halogens is 2. The Kier molecular flexibility index (Phi) is 4.88. The highest BCUT2D eigenvalue weighted by Gasteiger charge is 2.27. The normalized spacial score (nSPS) is 11.2. The highest BCUT2D eigenvalue weighted by Crippen LogP contribution is 2.30. The zero-order chi connectivity index (χ0) is 14.8. The van der Waals surface area contributed by atoms with Crippen molar-refractivity contribution in [3.05, 3.63) is 40.4 Å². The molecule has 0 saturated carbocycles. The highest BCUT2D eigenvalue weighted by molar-refractivity contribution is 6.39. The third-order valence-corrected chi connectivity index (χ3v) is 3.32. The largest absolute Gasteiger partial charge is 0.396 e. The Morgan fingerprint density at radius 1 is 1.37 bits per heavy atom. The van der Waals surface area contributed by atoms with E-state index in [1.807, 2.05) is 20.8 Å². The van der Waals surface area contributed by atoms with Crippen LogP contribution in [0.15, 0.2) is 24.8 Å². The summed E-state index contributed by atoms with van der Waals surface area (Å²) in [5.74, 6) is -0.156. The maximum atomic E-state index is 12.5. The Morgan fingerprint density at radius 3 is 2.21 bits per heavy atom. The summed E-state index contributed by atoms with van der Waals surface area (Å²) in [6.07, 6.45) is 1.68. The monoisotopic (exact) mass is 300 g/mol. The van der Waals surface area contributed by atoms with Gasteiger partial charge in [0.1, 0.15) is 0 Å². The summed E-state index contributed by atoms with van der Waals surface area (Å²) in [4.78, 5) is 14.2. The van der Waals surface area contributed by atoms with E-state index in [9.17, 15) is 4.79 Å². The molecule has 0 unspecified atom stereocenters. The lowest BCUT2D eigenvalue weighted by molar-refractivity contribution is 0.0616. The van der Waals surface area contributed by atoms with E-state index in [0.717, 1.165) is 0 Å². The number of hydrogen-bond donors (Lipinski definition) is 1. The third-order valence-electron chi connectivity index (χ3n) is 2.69. The number of amides is 1. The Balaban J connectivity index is 3.21. The molecular weight excluding hydrogens is 283 g/mol. The lowest BCUT2D eigenvalue weighted by Gasteiger charge is -2.35. The van der Waals surface area contributed by atoms with E-state index in [0.29, 0.717) is 12.1 Å². The Bertz CT molecular complexity index is 484. The zero-order valence-corrected chi connectivity index (χ0v) is 12.8. The molecule has 5 heteroatoms. The lowest BCUT2D eigenvalue weighted by atomic mass is 10.0. The summed E-state index contributed by atoms with van der Waals surface area (Å²) in [7, 11) is 0. The second kappa shape index (κ2) is 5.85. The van der Waals surface area contributed by atoms with Gasteiger partial charge in [-0.2, -0.15) is 0 Å². The van der Waals surface area contributed by atoms with E-state index in [-0.39, 0.29) is 27.2 Å². The van der Waals surface area contributed by atoms with Crippen molar-refractivity contribution in [2.45, 2.75) is 26.3 Å². The molecule has 1 aromatic carbocycles. The van der Waals surface area contributed by atoms with Crippen molar-refractivity contribution in [2.24, 2.45) is 0 Å². The molecule has 1 rings (SSSR count). The quantitative estimate of drug-likeness (QED) is 0.677. The first-order valence-corrected chi connectivity index (χ1v) is 6.61. The smallest absolute Gasteiger partial charge is 0.254 e. The van der Waals surface area contributed by atoms with Crippen molar-refractivity contribution in [3.8, 4) is 0 Å². The summed E-state index contributed by atoms with van der Waals surface area (Å²) in [6, 6.07) is 3.07. The number of nitrogens with two attached hydrogens (primary N) is 1. The van der Waals surface area contributed by atoms with Crippen LogP contribution < -0.4 is 5.73 Å². The van der Waals surface area contributed by atoms with Gasteiger partial charge in [-0.1, -0.05) is 29.3 Å². The van der Waals surface area contributed by atoms with Gasteiger partial charge in [0.2, 0.25) is 0 Å². The van der Waals surface area contributed by atoms with Crippen molar-refractivity contribution < 1.29 is 4.79 Å². The minimum atomic E-state index is -0.328. The van der Waals surface area contributed by atoms with Crippen LogP contribution in [0.4, 0.5) is 5.69 Å². The van der Waals surface area contributed by atoms with Crippen molar-refractivity contribution in [2.75, 3.05) is 12.3 Å². The average molecular weight is 301 g/mol. The van der Waals surface area contributed by atoms with Crippen LogP contribution >= 0.6 is 23.2 Å². The van der Waals surface area contributed by atoms with Gasteiger partial charge in [-0.25, -0.2) is 0 Å². The van der Waals surface area contributed by atoms with Crippen LogP contribution in [-0.2, 0) is 0 Å². The number of benzene rings is 1. The summed E-state index contributed by atoms with van der Waals surface area (Å²) in [6.45, 7) is 9.98. The van der Waals surface area contributed by atoms with Gasteiger partial charge >= 0.3 is 0 Å². The number of rotatable bonds is 3. The zero-order valence-electron chi connectivity index (χ0n) is 11.3. The van der Waals surface area contributed by atoms with Gasteiger partial charge in [0.05, 0.1) is 15.7 Å². The molecule has 0 atom stereocenters. The fraction of sp³-hybridized carbons (Fsp3) is 0.357. The molecule has 0 saturated heterocycles. The van der Waals surface area contributed by atoms with Gasteiger partial charge in [0.15, 0.2) is 0 Å². The topological polar surface area (TPSA) is 46.3 Å². The molecule has 0 aliphatic heterocycles. The van der Waals surface area contributed by atoms with Gasteiger partial charge in [-0.05, 0) is 32.9 Å². The molecule has 0 fully saturated rings. The van der Waals surface area contributed by atoms with Crippen LogP contribution in [-0.4, -0.2) is 22.9 Å². The highest BCUT2D eigenvalue weighted by atomic mass is 35.5. The maximum absolute atomic E-state index is 12.5. The second-order valence-electron chi connectivity index (χ2n) is 5.23. The Labute approximate surface area is 124 Å². The summed E-state index contributed by atoms with van der Waals surface area (Å²) >= 11 is 11.9. The number of nitrogens with zero attached hydrogens (tertiary/aromatic N) is 1. The SMILES string of the molecule is C=CCN(C(=O)c1cc(Cl)c(N)c(Cl)c1)C(C)(C)C. The third kappa shape index (κ3) is 3.64. The Morgan fingerprint density at radius 2 is 1.84 bits per heavy atom. The molecule has 19 heavy (non-hydrogen) atoms. The average Bonchev–Trinajstić information content (AvgIpc) is 2.30. The van der Waals surface area contributed by atoms with Gasteiger partial charge in [-0.15, -0.1) is 6.58 Å². The predicted molar refractivity (Wildman–Crippen MR) is 81.9 cm³/mol. The first-order chi connectivity index (χ1) is 8.68. The minimum absolute atomic E-state index is 0.156. The van der Waals surface area contributed by atoms with Gasteiger partial charge in [0.25, 0.3) is 5.91 Å². The molecule has 0 bridgehead atoms. The van der Waals surface area contributed by atoms with E-state index < -0.39 is 0 Å². The van der Waals surface area contributed by atoms with E-state index in [1.54, 1.807) is 11.0 Å². The Hall–Kier alpha value is -1.19. The molecule has 1 aromatic rings. The van der Waals surface area contributed by atoms with Crippen LogP contribution in [0.25, 0.3) is 0 Å². The molecule has 0 heterocycles. The number of nitrogen functional groups attached to an aromatic ring is 1. The van der Waals surface area contributed by atoms with Gasteiger partial charge < -0.3 is 10.6 Å². The molecule has 0 aliphatic carbocycles. The molecule has 3 nitrogen and oxygen atoms in total. The molecule has 0 radical (unpaired) electrons. The standard InChI is InChI=1S/C14H18Cl2N2O/c1-5-6-18(14(2,3)4)13(19)9-7-10(15)12(17)11(16)8-9/h5,7-8H,1,6,17H2,2-4H3. The summed E-state index contributed by atoms with van der Waals surface area (Å²) < 4.78 is 0. The molecular formula is C14H18Cl2N2O. The van der Waals surface area contributed by atoms with E-state index in [1.165, 1.54) is 12.1 Å². The van der Waals surface area contributed by atoms with Crippen molar-refractivity contribution in [1.29, 1.82) is 0 Å². The van der Waals surface area contributed by atoms with Crippen LogP contribution in [0, 0.1) is 0 Å². The number of carbonyl (C=O) groups excluding carboxylic acids is 1. The molecule has 104 valence electrons. The van der Waals surface area contributed by atoms with Crippen LogP contribution in [0.3, 0.4) is 0 Å². The fourth-order valence-electron chi connectivity index (χ4n) is 1.65. The minimum Gasteiger partial charge on any atom is -0.396 e. The number of carbonyl (C=O) groups is 1. The maximum Gasteiger partial charge on any atom is 0.254 e. The fourth-order valence-corrected chi connectivity index (χ4v) is 2.14. The van der Waals surface area contributed by atoms with Crippen molar-refractivity contribution in [1.82, 2.24) is 4.90 Å². The molecule has 1 amide bonds. The van der Waals surface area contributed by atoms with Gasteiger partial charge in [0, 0.05) is 17.6 Å². The molecule has 0 spiro atoms. The summed E-state index contributed by atoms with van der Waals surface area (Å²) in [5, 5.41) is 0.562. The first kappa shape index (κ1) is 15.9. The first-order valence-electron chi connectivity index (χ1n) is 5.86. The van der Waals surface area contributed by atoms with E-state index >= 15 is 0 Å². The van der Waals surface area contributed by atoms with Crippen LogP contribution in [0.1, 0.15) is 31.1 Å².